The molecule has 0 aromatic carbocycles. The third-order valence-corrected chi connectivity index (χ3v) is 4.15. The summed E-state index contributed by atoms with van der Waals surface area (Å²) in [7, 11) is 0. The Morgan fingerprint density at radius 1 is 1.48 bits per heavy atom. The number of H-pyrrole nitrogens is 1. The van der Waals surface area contributed by atoms with Crippen molar-refractivity contribution in [3.63, 3.8) is 0 Å². The maximum atomic E-state index is 12.1. The Labute approximate surface area is 153 Å². The maximum Gasteiger partial charge on any atom is 0.330 e. The molecule has 0 aliphatic carbocycles. The highest BCUT2D eigenvalue weighted by Crippen LogP contribution is 2.28. The number of hydrogen-bond acceptors (Lipinski definition) is 6. The SMILES string of the molecule is CCOC(CC)OC[C@H]1O[C@@H](n2cc(/C=C/Br)c(=O)[nH]c2=O)C[C@@H]1O. The molecule has 9 heteroatoms. The Bertz CT molecular complexity index is 701. The molecule has 4 atom stereocenters. The van der Waals surface area contributed by atoms with E-state index in [4.69, 9.17) is 14.2 Å². The largest absolute Gasteiger partial charge is 0.390 e. The van der Waals surface area contributed by atoms with Crippen molar-refractivity contribution in [2.45, 2.75) is 51.4 Å². The van der Waals surface area contributed by atoms with Gasteiger partial charge in [0.15, 0.2) is 6.29 Å². The van der Waals surface area contributed by atoms with Gasteiger partial charge in [-0.3, -0.25) is 14.3 Å². The summed E-state index contributed by atoms with van der Waals surface area (Å²) in [5, 5.41) is 10.2. The normalized spacial score (nSPS) is 24.9. The average Bonchev–Trinajstić information content (AvgIpc) is 2.94. The van der Waals surface area contributed by atoms with Crippen LogP contribution < -0.4 is 11.2 Å². The number of aromatic nitrogens is 2. The quantitative estimate of drug-likeness (QED) is 0.617. The van der Waals surface area contributed by atoms with Crippen molar-refractivity contribution in [1.82, 2.24) is 9.55 Å². The van der Waals surface area contributed by atoms with E-state index in [9.17, 15) is 14.7 Å². The molecule has 1 aromatic heterocycles. The second-order valence-electron chi connectivity index (χ2n) is 5.60. The molecule has 1 aromatic rings. The first-order valence-electron chi connectivity index (χ1n) is 8.19. The summed E-state index contributed by atoms with van der Waals surface area (Å²) in [6.07, 6.45) is 1.45. The first-order valence-corrected chi connectivity index (χ1v) is 9.10. The van der Waals surface area contributed by atoms with Gasteiger partial charge in [-0.05, 0) is 24.4 Å². The van der Waals surface area contributed by atoms with Crippen molar-refractivity contribution < 1.29 is 19.3 Å². The molecule has 1 aliphatic heterocycles. The van der Waals surface area contributed by atoms with E-state index < -0.39 is 29.7 Å². The molecule has 140 valence electrons. The van der Waals surface area contributed by atoms with Crippen molar-refractivity contribution >= 4 is 22.0 Å². The smallest absolute Gasteiger partial charge is 0.330 e. The molecule has 25 heavy (non-hydrogen) atoms. The van der Waals surface area contributed by atoms with E-state index in [1.165, 1.54) is 21.8 Å². The summed E-state index contributed by atoms with van der Waals surface area (Å²) in [4.78, 5) is 27.5. The minimum Gasteiger partial charge on any atom is -0.390 e. The van der Waals surface area contributed by atoms with Crippen molar-refractivity contribution in [1.29, 1.82) is 0 Å². The Balaban J connectivity index is 2.09. The average molecular weight is 419 g/mol. The monoisotopic (exact) mass is 418 g/mol. The summed E-state index contributed by atoms with van der Waals surface area (Å²) in [5.41, 5.74) is -0.772. The molecule has 0 saturated carbocycles. The number of aliphatic hydroxyl groups is 1. The standard InChI is InChI=1S/C16H23BrN2O6/c1-3-14(23-4-2)24-9-12-11(20)7-13(25-12)19-8-10(5-6-17)15(21)18-16(19)22/h5-6,8,11-14,20H,3-4,7,9H2,1-2H3,(H,18,21,22)/b6-5+/t11-,12+,13+,14?/m0/s1. The number of aromatic amines is 1. The summed E-state index contributed by atoms with van der Waals surface area (Å²) in [6.45, 7) is 4.51. The van der Waals surface area contributed by atoms with Crippen LogP contribution in [0.15, 0.2) is 20.8 Å². The molecule has 1 fully saturated rings. The van der Waals surface area contributed by atoms with Crippen LogP contribution in [0.1, 0.15) is 38.5 Å². The van der Waals surface area contributed by atoms with E-state index in [-0.39, 0.29) is 19.3 Å². The maximum absolute atomic E-state index is 12.1. The number of aliphatic hydroxyl groups excluding tert-OH is 1. The highest BCUT2D eigenvalue weighted by molar-refractivity contribution is 9.11. The van der Waals surface area contributed by atoms with Crippen LogP contribution in [0.25, 0.3) is 6.08 Å². The van der Waals surface area contributed by atoms with Crippen LogP contribution in [0, 0.1) is 0 Å². The molecule has 0 spiro atoms. The highest BCUT2D eigenvalue weighted by atomic mass is 79.9. The van der Waals surface area contributed by atoms with Gasteiger partial charge >= 0.3 is 5.69 Å². The van der Waals surface area contributed by atoms with Crippen molar-refractivity contribution in [3.05, 3.63) is 37.6 Å². The van der Waals surface area contributed by atoms with Gasteiger partial charge in [0, 0.05) is 19.2 Å². The van der Waals surface area contributed by atoms with Crippen LogP contribution in [-0.4, -0.2) is 46.4 Å². The summed E-state index contributed by atoms with van der Waals surface area (Å²) >= 11 is 3.10. The zero-order valence-corrected chi connectivity index (χ0v) is 15.8. The fraction of sp³-hybridized carbons (Fsp3) is 0.625. The van der Waals surface area contributed by atoms with E-state index in [1.807, 2.05) is 13.8 Å². The van der Waals surface area contributed by atoms with Crippen molar-refractivity contribution in [3.8, 4) is 0 Å². The Kier molecular flexibility index (Phi) is 7.57. The minimum absolute atomic E-state index is 0.155. The van der Waals surface area contributed by atoms with Crippen molar-refractivity contribution in [2.75, 3.05) is 13.2 Å². The predicted molar refractivity (Wildman–Crippen MR) is 95.5 cm³/mol. The Morgan fingerprint density at radius 2 is 2.24 bits per heavy atom. The van der Waals surface area contributed by atoms with Gasteiger partial charge < -0.3 is 19.3 Å². The van der Waals surface area contributed by atoms with Gasteiger partial charge in [-0.25, -0.2) is 4.79 Å². The topological polar surface area (TPSA) is 103 Å². The predicted octanol–water partition coefficient (Wildman–Crippen LogP) is 1.34. The lowest BCUT2D eigenvalue weighted by Crippen LogP contribution is -2.33. The van der Waals surface area contributed by atoms with Gasteiger partial charge in [0.1, 0.15) is 12.3 Å². The van der Waals surface area contributed by atoms with Crippen molar-refractivity contribution in [2.24, 2.45) is 0 Å². The van der Waals surface area contributed by atoms with Crippen LogP contribution in [0.4, 0.5) is 0 Å². The molecule has 2 N–H and O–H groups in total. The molecule has 1 saturated heterocycles. The lowest BCUT2D eigenvalue weighted by Gasteiger charge is -2.20. The number of nitrogens with one attached hydrogen (secondary N) is 1. The fourth-order valence-corrected chi connectivity index (χ4v) is 2.89. The molecule has 1 aliphatic rings. The fourth-order valence-electron chi connectivity index (χ4n) is 2.61. The second-order valence-corrected chi connectivity index (χ2v) is 6.13. The number of halogens is 1. The van der Waals surface area contributed by atoms with Gasteiger partial charge in [0.25, 0.3) is 5.56 Å². The molecule has 0 amide bonds. The second kappa shape index (κ2) is 9.44. The van der Waals surface area contributed by atoms with Gasteiger partial charge in [-0.1, -0.05) is 22.9 Å². The molecule has 2 heterocycles. The number of ether oxygens (including phenoxy) is 3. The summed E-state index contributed by atoms with van der Waals surface area (Å²) < 4.78 is 18.1. The van der Waals surface area contributed by atoms with Crippen LogP contribution in [-0.2, 0) is 14.2 Å². The van der Waals surface area contributed by atoms with Crippen LogP contribution in [0.5, 0.6) is 0 Å². The van der Waals surface area contributed by atoms with Crippen LogP contribution in [0.2, 0.25) is 0 Å². The highest BCUT2D eigenvalue weighted by Gasteiger charge is 2.36. The Hall–Kier alpha value is -1.26. The minimum atomic E-state index is -0.780. The first-order chi connectivity index (χ1) is 12.0. The number of rotatable bonds is 8. The van der Waals surface area contributed by atoms with Gasteiger partial charge in [0.05, 0.1) is 18.3 Å². The van der Waals surface area contributed by atoms with E-state index in [0.29, 0.717) is 18.6 Å². The zero-order valence-electron chi connectivity index (χ0n) is 14.2. The van der Waals surface area contributed by atoms with E-state index in [1.54, 1.807) is 0 Å². The van der Waals surface area contributed by atoms with E-state index in [2.05, 4.69) is 20.9 Å². The number of nitrogens with zero attached hydrogens (tertiary/aromatic N) is 1. The van der Waals surface area contributed by atoms with Gasteiger partial charge in [0.2, 0.25) is 0 Å². The lowest BCUT2D eigenvalue weighted by molar-refractivity contribution is -0.169. The van der Waals surface area contributed by atoms with E-state index >= 15 is 0 Å². The zero-order chi connectivity index (χ0) is 18.4. The third-order valence-electron chi connectivity index (χ3n) is 3.88. The molecule has 8 nitrogen and oxygen atoms in total. The van der Waals surface area contributed by atoms with Crippen LogP contribution in [0.3, 0.4) is 0 Å². The molecular formula is C16H23BrN2O6. The third kappa shape index (κ3) is 5.11. The Morgan fingerprint density at radius 3 is 2.88 bits per heavy atom. The lowest BCUT2D eigenvalue weighted by atomic mass is 10.2. The molecule has 0 radical (unpaired) electrons. The van der Waals surface area contributed by atoms with E-state index in [0.717, 1.165) is 0 Å². The van der Waals surface area contributed by atoms with Gasteiger partial charge in [-0.2, -0.15) is 0 Å². The molecular weight excluding hydrogens is 396 g/mol. The molecule has 0 bridgehead atoms. The van der Waals surface area contributed by atoms with Gasteiger partial charge in [-0.15, -0.1) is 0 Å². The first kappa shape index (κ1) is 20.1. The van der Waals surface area contributed by atoms with Crippen LogP contribution >= 0.6 is 15.9 Å². The summed E-state index contributed by atoms with van der Waals surface area (Å²) in [6, 6.07) is 0. The number of hydrogen-bond donors (Lipinski definition) is 2. The molecule has 1 unspecified atom stereocenters. The summed E-state index contributed by atoms with van der Waals surface area (Å²) in [5.74, 6) is 0. The molecule has 2 rings (SSSR count).